The fourth-order valence-corrected chi connectivity index (χ4v) is 6.50. The fourth-order valence-electron chi connectivity index (χ4n) is 6.50. The second-order valence-corrected chi connectivity index (χ2v) is 12.7. The smallest absolute Gasteiger partial charge is 0.407 e. The molecule has 49 heavy (non-hydrogen) atoms. The first-order chi connectivity index (χ1) is 23.8. The highest BCUT2D eigenvalue weighted by molar-refractivity contribution is 5.94. The Bertz CT molecular complexity index is 1590. The molecule has 11 heteroatoms. The van der Waals surface area contributed by atoms with Gasteiger partial charge in [-0.3, -0.25) is 14.6 Å². The van der Waals surface area contributed by atoms with Gasteiger partial charge >= 0.3 is 6.09 Å². The predicted octanol–water partition coefficient (Wildman–Crippen LogP) is 5.99. The van der Waals surface area contributed by atoms with Crippen LogP contribution in [0.5, 0.6) is 0 Å². The summed E-state index contributed by atoms with van der Waals surface area (Å²) in [4.78, 5) is 48.8. The molecule has 1 saturated heterocycles. The molecule has 5 rings (SSSR count). The maximum atomic E-state index is 13.6. The molecule has 2 amide bonds. The van der Waals surface area contributed by atoms with Crippen LogP contribution >= 0.6 is 0 Å². The quantitative estimate of drug-likeness (QED) is 0.0898. The molecule has 2 fully saturated rings. The third-order valence-electron chi connectivity index (χ3n) is 9.12. The van der Waals surface area contributed by atoms with Crippen molar-refractivity contribution < 1.29 is 24.2 Å². The van der Waals surface area contributed by atoms with Crippen LogP contribution in [-0.2, 0) is 20.9 Å². The van der Waals surface area contributed by atoms with Crippen molar-refractivity contribution in [2.24, 2.45) is 10.9 Å². The first-order valence-electron chi connectivity index (χ1n) is 17.0. The van der Waals surface area contributed by atoms with Crippen LogP contribution in [0.2, 0.25) is 0 Å². The average molecular weight is 669 g/mol. The molecule has 0 spiro atoms. The summed E-state index contributed by atoms with van der Waals surface area (Å²) in [6.07, 6.45) is 14.9. The van der Waals surface area contributed by atoms with E-state index in [0.717, 1.165) is 46.6 Å². The van der Waals surface area contributed by atoms with Gasteiger partial charge in [-0.2, -0.15) is 0 Å². The minimum atomic E-state index is -0.693. The maximum absolute atomic E-state index is 13.6. The van der Waals surface area contributed by atoms with Crippen LogP contribution in [0.4, 0.5) is 4.79 Å². The number of hydrogen-bond acceptors (Lipinski definition) is 6. The van der Waals surface area contributed by atoms with Crippen molar-refractivity contribution in [3.05, 3.63) is 66.1 Å². The van der Waals surface area contributed by atoms with Gasteiger partial charge in [-0.25, -0.2) is 9.78 Å². The van der Waals surface area contributed by atoms with Gasteiger partial charge in [-0.15, -0.1) is 6.42 Å². The first kappa shape index (κ1) is 36.7. The van der Waals surface area contributed by atoms with E-state index in [4.69, 9.17) is 31.0 Å². The average Bonchev–Trinajstić information content (AvgIpc) is 3.83. The molecule has 0 bridgehead atoms. The number of methoxy groups -OCH3 is 1. The Morgan fingerprint density at radius 1 is 1.06 bits per heavy atom. The molecule has 2 aliphatic rings. The number of hydrogen-bond donors (Lipinski definition) is 4. The number of terminal acetylenes is 1. The highest BCUT2D eigenvalue weighted by Gasteiger charge is 2.37. The maximum Gasteiger partial charge on any atom is 0.407 e. The standard InChI is InChI=1S/C37H46N6O3.CH2O2/c1-5-21-38-35(32-12-9-22-43(32)36(44)33(25(2)3)42-37(45)46-4)39-23-26-13-15-27(16-14-26)28-17-19-29(20-18-28)31-24-40-34(41-31)30-10-7-6-8-11-30;2-1-3/h1,13-20,24-25,30,32-33H,6-12,21-23H2,2-4H3,(H,38,39)(H,40,41)(H,42,45);1H,(H,2,3). The molecular weight excluding hydrogens is 620 g/mol. The van der Waals surface area contributed by atoms with Crippen LogP contribution in [0.1, 0.15) is 76.1 Å². The molecule has 4 N–H and O–H groups in total. The Balaban J connectivity index is 0.00000174. The number of imidazole rings is 1. The number of aliphatic imine (C=N–C) groups is 1. The van der Waals surface area contributed by atoms with Crippen molar-refractivity contribution in [3.63, 3.8) is 0 Å². The van der Waals surface area contributed by atoms with Crippen LogP contribution in [0, 0.1) is 18.3 Å². The summed E-state index contributed by atoms with van der Waals surface area (Å²) in [6.45, 7) is 4.89. The molecule has 260 valence electrons. The van der Waals surface area contributed by atoms with Gasteiger partial charge in [0.25, 0.3) is 6.47 Å². The summed E-state index contributed by atoms with van der Waals surface area (Å²) in [5.41, 5.74) is 5.52. The van der Waals surface area contributed by atoms with E-state index < -0.39 is 12.1 Å². The van der Waals surface area contributed by atoms with E-state index in [2.05, 4.69) is 70.1 Å². The number of aromatic amines is 1. The Morgan fingerprint density at radius 3 is 2.31 bits per heavy atom. The van der Waals surface area contributed by atoms with Crippen molar-refractivity contribution >= 4 is 24.3 Å². The monoisotopic (exact) mass is 668 g/mol. The van der Waals surface area contributed by atoms with Crippen molar-refractivity contribution in [2.45, 2.75) is 83.3 Å². The van der Waals surface area contributed by atoms with Crippen molar-refractivity contribution in [3.8, 4) is 34.7 Å². The zero-order valence-corrected chi connectivity index (χ0v) is 28.7. The molecule has 2 atom stereocenters. The molecule has 1 aromatic heterocycles. The van der Waals surface area contributed by atoms with Crippen LogP contribution in [0.25, 0.3) is 22.4 Å². The Morgan fingerprint density at radius 2 is 1.69 bits per heavy atom. The van der Waals surface area contributed by atoms with E-state index in [0.29, 0.717) is 31.4 Å². The lowest BCUT2D eigenvalue weighted by Gasteiger charge is -2.31. The molecule has 2 aromatic carbocycles. The second-order valence-electron chi connectivity index (χ2n) is 12.7. The number of carboxylic acid groups (broad SMARTS) is 1. The lowest BCUT2D eigenvalue weighted by Crippen LogP contribution is -2.55. The zero-order chi connectivity index (χ0) is 35.2. The van der Waals surface area contributed by atoms with E-state index >= 15 is 0 Å². The second kappa shape index (κ2) is 18.4. The SMILES string of the molecule is C#CCNC(=NCc1ccc(-c2ccc(-c3cnc(C4CCCCC4)[nH]3)cc2)cc1)C1CCCN1C(=O)C(NC(=O)OC)C(C)C.O=CO. The number of H-pyrrole nitrogens is 1. The number of nitrogens with one attached hydrogen (secondary N) is 3. The lowest BCUT2D eigenvalue weighted by atomic mass is 9.89. The topological polar surface area (TPSA) is 149 Å². The molecular formula is C38H48N6O5. The molecule has 2 heterocycles. The van der Waals surface area contributed by atoms with Gasteiger partial charge in [0.05, 0.1) is 38.1 Å². The van der Waals surface area contributed by atoms with Gasteiger partial charge in [0.2, 0.25) is 5.91 Å². The van der Waals surface area contributed by atoms with E-state index in [1.54, 1.807) is 4.90 Å². The number of nitrogens with zero attached hydrogens (tertiary/aromatic N) is 3. The third kappa shape index (κ3) is 9.95. The van der Waals surface area contributed by atoms with Crippen molar-refractivity contribution in [2.75, 3.05) is 20.2 Å². The van der Waals surface area contributed by atoms with Gasteiger partial charge in [0.1, 0.15) is 17.7 Å². The first-order valence-corrected chi connectivity index (χ1v) is 17.0. The number of alkyl carbamates (subject to hydrolysis) is 1. The summed E-state index contributed by atoms with van der Waals surface area (Å²) in [5.74, 6) is 4.74. The van der Waals surface area contributed by atoms with Gasteiger partial charge in [0.15, 0.2) is 0 Å². The number of carbonyl (C=O) groups is 3. The minimum absolute atomic E-state index is 0.105. The number of ether oxygens (including phenoxy) is 1. The number of amides is 2. The fraction of sp³-hybridized carbons (Fsp3) is 0.447. The number of carbonyl (C=O) groups excluding carboxylic acids is 2. The third-order valence-corrected chi connectivity index (χ3v) is 9.12. The predicted molar refractivity (Wildman–Crippen MR) is 191 cm³/mol. The number of amidine groups is 1. The Hall–Kier alpha value is -5.11. The molecule has 1 aliphatic carbocycles. The molecule has 3 aromatic rings. The number of benzene rings is 2. The molecule has 11 nitrogen and oxygen atoms in total. The van der Waals surface area contributed by atoms with Crippen LogP contribution in [0.3, 0.4) is 0 Å². The number of likely N-dealkylation sites (tertiary alicyclic amines) is 1. The van der Waals surface area contributed by atoms with Crippen LogP contribution < -0.4 is 10.6 Å². The summed E-state index contributed by atoms with van der Waals surface area (Å²) >= 11 is 0. The van der Waals surface area contributed by atoms with E-state index in [1.807, 2.05) is 20.0 Å². The Kier molecular flexibility index (Phi) is 13.8. The van der Waals surface area contributed by atoms with Crippen molar-refractivity contribution in [1.82, 2.24) is 25.5 Å². The summed E-state index contributed by atoms with van der Waals surface area (Å²) in [6, 6.07) is 16.1. The van der Waals surface area contributed by atoms with Crippen molar-refractivity contribution in [1.29, 1.82) is 0 Å². The number of rotatable bonds is 10. The highest BCUT2D eigenvalue weighted by atomic mass is 16.5. The lowest BCUT2D eigenvalue weighted by molar-refractivity contribution is -0.134. The summed E-state index contributed by atoms with van der Waals surface area (Å²) in [7, 11) is 1.29. The van der Waals surface area contributed by atoms with Crippen LogP contribution in [-0.4, -0.2) is 76.6 Å². The zero-order valence-electron chi connectivity index (χ0n) is 28.7. The minimum Gasteiger partial charge on any atom is -0.483 e. The summed E-state index contributed by atoms with van der Waals surface area (Å²) in [5, 5.41) is 12.8. The van der Waals surface area contributed by atoms with Crippen LogP contribution in [0.15, 0.2) is 59.7 Å². The molecule has 0 radical (unpaired) electrons. The molecule has 1 aliphatic heterocycles. The van der Waals surface area contributed by atoms with Gasteiger partial charge in [-0.1, -0.05) is 87.6 Å². The number of aromatic nitrogens is 2. The molecule has 1 saturated carbocycles. The van der Waals surface area contributed by atoms with E-state index in [1.165, 1.54) is 39.2 Å². The van der Waals surface area contributed by atoms with E-state index in [9.17, 15) is 9.59 Å². The largest absolute Gasteiger partial charge is 0.483 e. The molecule has 2 unspecified atom stereocenters. The highest BCUT2D eigenvalue weighted by Crippen LogP contribution is 2.32. The summed E-state index contributed by atoms with van der Waals surface area (Å²) < 4.78 is 4.76. The Labute approximate surface area is 289 Å². The normalized spacial score (nSPS) is 17.0. The van der Waals surface area contributed by atoms with Gasteiger partial charge < -0.3 is 30.4 Å². The van der Waals surface area contributed by atoms with Gasteiger partial charge in [0, 0.05) is 12.5 Å². The van der Waals surface area contributed by atoms with E-state index in [-0.39, 0.29) is 24.3 Å². The van der Waals surface area contributed by atoms with Gasteiger partial charge in [-0.05, 0) is 53.9 Å².